The maximum absolute atomic E-state index is 13.3. The van der Waals surface area contributed by atoms with Crippen LogP contribution in [0.2, 0.25) is 0 Å². The normalized spacial score (nSPS) is 16.2. The summed E-state index contributed by atoms with van der Waals surface area (Å²) in [5.41, 5.74) is 0.990. The zero-order chi connectivity index (χ0) is 18.5. The van der Waals surface area contributed by atoms with E-state index in [1.165, 1.54) is 23.1 Å². The molecule has 1 aliphatic rings. The molecule has 0 saturated carbocycles. The molecule has 1 saturated heterocycles. The summed E-state index contributed by atoms with van der Waals surface area (Å²) in [5.74, 6) is 0.0139. The number of benzene rings is 2. The quantitative estimate of drug-likeness (QED) is 0.880. The SMILES string of the molecule is COc1ccc(NC(=O)[C@H]2CCCN2C(=O)Nc2cccc(F)c2)cc1. The van der Waals surface area contributed by atoms with Crippen molar-refractivity contribution in [1.29, 1.82) is 0 Å². The number of amides is 3. The molecule has 0 radical (unpaired) electrons. The molecular weight excluding hydrogens is 337 g/mol. The molecule has 0 spiro atoms. The van der Waals surface area contributed by atoms with Crippen LogP contribution in [-0.2, 0) is 4.79 Å². The van der Waals surface area contributed by atoms with Crippen LogP contribution < -0.4 is 15.4 Å². The zero-order valence-corrected chi connectivity index (χ0v) is 14.4. The summed E-state index contributed by atoms with van der Waals surface area (Å²) in [6, 6.07) is 11.7. The first kappa shape index (κ1) is 17.7. The van der Waals surface area contributed by atoms with Crippen LogP contribution in [0.5, 0.6) is 5.75 Å². The van der Waals surface area contributed by atoms with E-state index < -0.39 is 17.9 Å². The molecule has 6 nitrogen and oxygen atoms in total. The summed E-state index contributed by atoms with van der Waals surface area (Å²) < 4.78 is 18.3. The van der Waals surface area contributed by atoms with Crippen molar-refractivity contribution in [2.24, 2.45) is 0 Å². The van der Waals surface area contributed by atoms with Crippen LogP contribution in [0.15, 0.2) is 48.5 Å². The van der Waals surface area contributed by atoms with E-state index in [1.807, 2.05) is 0 Å². The summed E-state index contributed by atoms with van der Waals surface area (Å²) in [5, 5.41) is 5.46. The number of halogens is 1. The Kier molecular flexibility index (Phi) is 5.36. The molecule has 1 aliphatic heterocycles. The molecule has 2 N–H and O–H groups in total. The molecule has 1 heterocycles. The highest BCUT2D eigenvalue weighted by Crippen LogP contribution is 2.22. The van der Waals surface area contributed by atoms with Gasteiger partial charge in [0.05, 0.1) is 7.11 Å². The number of hydrogen-bond acceptors (Lipinski definition) is 3. The van der Waals surface area contributed by atoms with E-state index in [2.05, 4.69) is 10.6 Å². The molecule has 3 amide bonds. The van der Waals surface area contributed by atoms with Gasteiger partial charge in [-0.05, 0) is 55.3 Å². The van der Waals surface area contributed by atoms with Crippen LogP contribution in [0, 0.1) is 5.82 Å². The predicted octanol–water partition coefficient (Wildman–Crippen LogP) is 3.47. The number of likely N-dealkylation sites (tertiary alicyclic amines) is 1. The second kappa shape index (κ2) is 7.86. The number of nitrogens with one attached hydrogen (secondary N) is 2. The first-order valence-electron chi connectivity index (χ1n) is 8.35. The van der Waals surface area contributed by atoms with Gasteiger partial charge in [0.1, 0.15) is 17.6 Å². The average Bonchev–Trinajstić information content (AvgIpc) is 3.12. The Morgan fingerprint density at radius 1 is 1.12 bits per heavy atom. The maximum atomic E-state index is 13.3. The summed E-state index contributed by atoms with van der Waals surface area (Å²) in [7, 11) is 1.57. The third-order valence-electron chi connectivity index (χ3n) is 4.25. The Morgan fingerprint density at radius 2 is 1.88 bits per heavy atom. The van der Waals surface area contributed by atoms with E-state index in [9.17, 15) is 14.0 Å². The van der Waals surface area contributed by atoms with Gasteiger partial charge in [0.25, 0.3) is 0 Å². The Labute approximate surface area is 150 Å². The number of rotatable bonds is 4. The third-order valence-corrected chi connectivity index (χ3v) is 4.25. The second-order valence-corrected chi connectivity index (χ2v) is 6.01. The Bertz CT molecular complexity index is 795. The molecule has 136 valence electrons. The van der Waals surface area contributed by atoms with Crippen LogP contribution in [0.3, 0.4) is 0 Å². The van der Waals surface area contributed by atoms with Crippen LogP contribution in [0.25, 0.3) is 0 Å². The summed E-state index contributed by atoms with van der Waals surface area (Å²) in [6.45, 7) is 0.474. The Morgan fingerprint density at radius 3 is 2.58 bits per heavy atom. The average molecular weight is 357 g/mol. The summed E-state index contributed by atoms with van der Waals surface area (Å²) in [4.78, 5) is 26.5. The standard InChI is InChI=1S/C19H20FN3O3/c1-26-16-9-7-14(8-10-16)21-18(24)17-6-3-11-23(17)19(25)22-15-5-2-4-13(20)12-15/h2,4-5,7-10,12,17H,3,6,11H2,1H3,(H,21,24)(H,22,25)/t17-/m1/s1. The molecule has 0 aromatic heterocycles. The van der Waals surface area contributed by atoms with Crippen molar-refractivity contribution < 1.29 is 18.7 Å². The highest BCUT2D eigenvalue weighted by Gasteiger charge is 2.34. The number of carbonyl (C=O) groups excluding carboxylic acids is 2. The van der Waals surface area contributed by atoms with Gasteiger partial charge in [-0.2, -0.15) is 0 Å². The zero-order valence-electron chi connectivity index (χ0n) is 14.4. The number of anilines is 2. The van der Waals surface area contributed by atoms with E-state index in [-0.39, 0.29) is 5.91 Å². The van der Waals surface area contributed by atoms with Gasteiger partial charge in [-0.1, -0.05) is 6.07 Å². The van der Waals surface area contributed by atoms with Crippen LogP contribution in [0.1, 0.15) is 12.8 Å². The van der Waals surface area contributed by atoms with E-state index in [1.54, 1.807) is 37.4 Å². The molecule has 1 atom stereocenters. The monoisotopic (exact) mass is 357 g/mol. The van der Waals surface area contributed by atoms with E-state index in [4.69, 9.17) is 4.74 Å². The fourth-order valence-electron chi connectivity index (χ4n) is 2.94. The fraction of sp³-hybridized carbons (Fsp3) is 0.263. The molecule has 0 aliphatic carbocycles. The smallest absolute Gasteiger partial charge is 0.322 e. The summed E-state index contributed by atoms with van der Waals surface area (Å²) in [6.07, 6.45) is 1.32. The number of ether oxygens (including phenoxy) is 1. The second-order valence-electron chi connectivity index (χ2n) is 6.01. The predicted molar refractivity (Wildman–Crippen MR) is 96.8 cm³/mol. The first-order chi connectivity index (χ1) is 12.6. The van der Waals surface area contributed by atoms with Crippen molar-refractivity contribution in [3.63, 3.8) is 0 Å². The van der Waals surface area contributed by atoms with Crippen LogP contribution in [-0.4, -0.2) is 36.5 Å². The molecule has 26 heavy (non-hydrogen) atoms. The van der Waals surface area contributed by atoms with Gasteiger partial charge in [-0.15, -0.1) is 0 Å². The lowest BCUT2D eigenvalue weighted by molar-refractivity contribution is -0.119. The largest absolute Gasteiger partial charge is 0.497 e. The van der Waals surface area contributed by atoms with Gasteiger partial charge in [0.2, 0.25) is 5.91 Å². The Balaban J connectivity index is 1.64. The fourth-order valence-corrected chi connectivity index (χ4v) is 2.94. The number of methoxy groups -OCH3 is 1. The minimum Gasteiger partial charge on any atom is -0.497 e. The lowest BCUT2D eigenvalue weighted by Gasteiger charge is -2.24. The number of hydrogen-bond donors (Lipinski definition) is 2. The maximum Gasteiger partial charge on any atom is 0.322 e. The van der Waals surface area contributed by atoms with Gasteiger partial charge < -0.3 is 20.3 Å². The van der Waals surface area contributed by atoms with Crippen molar-refractivity contribution in [2.75, 3.05) is 24.3 Å². The van der Waals surface area contributed by atoms with Crippen molar-refractivity contribution in [3.8, 4) is 5.75 Å². The van der Waals surface area contributed by atoms with Crippen molar-refractivity contribution in [3.05, 3.63) is 54.3 Å². The lowest BCUT2D eigenvalue weighted by atomic mass is 10.2. The minimum atomic E-state index is -0.564. The van der Waals surface area contributed by atoms with Crippen molar-refractivity contribution in [2.45, 2.75) is 18.9 Å². The van der Waals surface area contributed by atoms with E-state index in [0.717, 1.165) is 6.42 Å². The molecule has 2 aromatic rings. The van der Waals surface area contributed by atoms with Gasteiger partial charge in [0, 0.05) is 17.9 Å². The molecule has 0 unspecified atom stereocenters. The number of nitrogens with zero attached hydrogens (tertiary/aromatic N) is 1. The molecule has 0 bridgehead atoms. The topological polar surface area (TPSA) is 70.7 Å². The van der Waals surface area contributed by atoms with Gasteiger partial charge >= 0.3 is 6.03 Å². The van der Waals surface area contributed by atoms with Gasteiger partial charge in [-0.25, -0.2) is 9.18 Å². The summed E-state index contributed by atoms with van der Waals surface area (Å²) >= 11 is 0. The van der Waals surface area contributed by atoms with Crippen LogP contribution >= 0.6 is 0 Å². The van der Waals surface area contributed by atoms with Crippen LogP contribution in [0.4, 0.5) is 20.6 Å². The molecule has 2 aromatic carbocycles. The highest BCUT2D eigenvalue weighted by atomic mass is 19.1. The molecular formula is C19H20FN3O3. The number of urea groups is 1. The highest BCUT2D eigenvalue weighted by molar-refractivity contribution is 5.99. The van der Waals surface area contributed by atoms with Gasteiger partial charge in [0.15, 0.2) is 0 Å². The molecule has 7 heteroatoms. The minimum absolute atomic E-state index is 0.248. The molecule has 3 rings (SSSR count). The molecule has 1 fully saturated rings. The van der Waals surface area contributed by atoms with E-state index >= 15 is 0 Å². The van der Waals surface area contributed by atoms with Crippen molar-refractivity contribution in [1.82, 2.24) is 4.90 Å². The van der Waals surface area contributed by atoms with Crippen molar-refractivity contribution >= 4 is 23.3 Å². The first-order valence-corrected chi connectivity index (χ1v) is 8.35. The Hall–Kier alpha value is -3.09. The lowest BCUT2D eigenvalue weighted by Crippen LogP contribution is -2.45. The third kappa shape index (κ3) is 4.11. The van der Waals surface area contributed by atoms with Gasteiger partial charge in [-0.3, -0.25) is 4.79 Å². The van der Waals surface area contributed by atoms with E-state index in [0.29, 0.717) is 30.1 Å². The number of carbonyl (C=O) groups is 2.